The van der Waals surface area contributed by atoms with Gasteiger partial charge in [0.2, 0.25) is 5.95 Å². The zero-order chi connectivity index (χ0) is 18.1. The molecular weight excluding hydrogens is 336 g/mol. The van der Waals surface area contributed by atoms with Gasteiger partial charge in [0.15, 0.2) is 0 Å². The van der Waals surface area contributed by atoms with Crippen molar-refractivity contribution in [3.05, 3.63) is 52.4 Å². The van der Waals surface area contributed by atoms with Gasteiger partial charge in [0.25, 0.3) is 5.56 Å². The minimum Gasteiger partial charge on any atom is -0.465 e. The lowest BCUT2D eigenvalue weighted by Crippen LogP contribution is -2.49. The molecule has 1 aromatic carbocycles. The van der Waals surface area contributed by atoms with Crippen LogP contribution in [0.25, 0.3) is 11.0 Å². The maximum absolute atomic E-state index is 12.3. The maximum Gasteiger partial charge on any atom is 0.407 e. The zero-order valence-electron chi connectivity index (χ0n) is 14.0. The summed E-state index contributed by atoms with van der Waals surface area (Å²) in [5.74, 6) is 0.660. The molecule has 0 radical (unpaired) electrons. The lowest BCUT2D eigenvalue weighted by molar-refractivity contribution is 0.142. The van der Waals surface area contributed by atoms with Crippen molar-refractivity contribution < 1.29 is 9.90 Å². The van der Waals surface area contributed by atoms with Crippen molar-refractivity contribution in [3.63, 3.8) is 0 Å². The first-order valence-electron chi connectivity index (χ1n) is 8.34. The molecule has 0 atom stereocenters. The van der Waals surface area contributed by atoms with Crippen molar-refractivity contribution >= 4 is 23.1 Å². The molecule has 3 aromatic rings. The summed E-state index contributed by atoms with van der Waals surface area (Å²) < 4.78 is 1.88. The van der Waals surface area contributed by atoms with Crippen LogP contribution in [0.15, 0.2) is 41.3 Å². The molecule has 0 unspecified atom stereocenters. The summed E-state index contributed by atoms with van der Waals surface area (Å²) >= 11 is 0. The van der Waals surface area contributed by atoms with Crippen LogP contribution in [0, 0.1) is 0 Å². The van der Waals surface area contributed by atoms with Crippen molar-refractivity contribution in [1.82, 2.24) is 24.6 Å². The summed E-state index contributed by atoms with van der Waals surface area (Å²) in [5, 5.41) is 15.4. The Balaban J connectivity index is 1.74. The van der Waals surface area contributed by atoms with Gasteiger partial charge in [-0.3, -0.25) is 4.79 Å². The molecule has 4 rings (SSSR count). The third-order valence-electron chi connectivity index (χ3n) is 4.56. The fourth-order valence-corrected chi connectivity index (χ4v) is 3.25. The van der Waals surface area contributed by atoms with Crippen molar-refractivity contribution in [2.24, 2.45) is 0 Å². The molecule has 3 heterocycles. The first-order valence-corrected chi connectivity index (χ1v) is 8.34. The monoisotopic (exact) mass is 354 g/mol. The van der Waals surface area contributed by atoms with Crippen LogP contribution >= 0.6 is 0 Å². The van der Waals surface area contributed by atoms with E-state index in [1.807, 2.05) is 39.8 Å². The average molecular weight is 354 g/mol. The SMILES string of the molecule is O=C(O)N1CCN(c2nc3cn[nH]c(=O)c3n2Cc2ccccc2)CC1. The lowest BCUT2D eigenvalue weighted by Gasteiger charge is -2.34. The predicted molar refractivity (Wildman–Crippen MR) is 95.5 cm³/mol. The van der Waals surface area contributed by atoms with Gasteiger partial charge < -0.3 is 19.5 Å². The van der Waals surface area contributed by atoms with Gasteiger partial charge in [-0.1, -0.05) is 30.3 Å². The molecule has 2 N–H and O–H groups in total. The van der Waals surface area contributed by atoms with Crippen LogP contribution in [0.4, 0.5) is 10.7 Å². The molecule has 1 amide bonds. The van der Waals surface area contributed by atoms with Gasteiger partial charge in [0.05, 0.1) is 12.7 Å². The molecule has 0 bridgehead atoms. The number of imidazole rings is 1. The van der Waals surface area contributed by atoms with Crippen molar-refractivity contribution in [2.75, 3.05) is 31.1 Å². The first kappa shape index (κ1) is 16.1. The third-order valence-corrected chi connectivity index (χ3v) is 4.56. The second-order valence-corrected chi connectivity index (χ2v) is 6.17. The topological polar surface area (TPSA) is 107 Å². The van der Waals surface area contributed by atoms with Crippen molar-refractivity contribution in [3.8, 4) is 0 Å². The summed E-state index contributed by atoms with van der Waals surface area (Å²) in [5.41, 5.74) is 1.76. The molecular formula is C17H18N6O3. The van der Waals surface area contributed by atoms with Gasteiger partial charge in [-0.05, 0) is 5.56 Å². The molecule has 26 heavy (non-hydrogen) atoms. The number of piperazine rings is 1. The van der Waals surface area contributed by atoms with E-state index in [1.165, 1.54) is 11.1 Å². The van der Waals surface area contributed by atoms with E-state index in [9.17, 15) is 9.59 Å². The summed E-state index contributed by atoms with van der Waals surface area (Å²) in [6.45, 7) is 2.35. The van der Waals surface area contributed by atoms with Crippen LogP contribution in [0.3, 0.4) is 0 Å². The number of rotatable bonds is 3. The predicted octanol–water partition coefficient (Wildman–Crippen LogP) is 0.968. The van der Waals surface area contributed by atoms with E-state index >= 15 is 0 Å². The van der Waals surface area contributed by atoms with Crippen LogP contribution < -0.4 is 10.5 Å². The number of carboxylic acid groups (broad SMARTS) is 1. The van der Waals surface area contributed by atoms with Crippen molar-refractivity contribution in [2.45, 2.75) is 6.54 Å². The van der Waals surface area contributed by atoms with Crippen LogP contribution in [0.5, 0.6) is 0 Å². The highest BCUT2D eigenvalue weighted by Gasteiger charge is 2.25. The summed E-state index contributed by atoms with van der Waals surface area (Å²) in [6, 6.07) is 9.83. The average Bonchev–Trinajstić information content (AvgIpc) is 3.02. The van der Waals surface area contributed by atoms with Gasteiger partial charge in [-0.15, -0.1) is 0 Å². The number of aromatic amines is 1. The standard InChI is InChI=1S/C17H18N6O3/c24-15-14-13(10-18-20-15)19-16(21-6-8-22(9-7-21)17(25)26)23(14)11-12-4-2-1-3-5-12/h1-5,10H,6-9,11H2,(H,20,24)(H,25,26). The number of fused-ring (bicyclic) bond motifs is 1. The number of carbonyl (C=O) groups is 1. The van der Waals surface area contributed by atoms with Gasteiger partial charge >= 0.3 is 6.09 Å². The van der Waals surface area contributed by atoms with Crippen LogP contribution in [-0.4, -0.2) is 62.0 Å². The highest BCUT2D eigenvalue weighted by molar-refractivity contribution is 5.77. The number of benzene rings is 1. The normalized spacial score (nSPS) is 14.8. The van der Waals surface area contributed by atoms with Gasteiger partial charge in [-0.25, -0.2) is 14.9 Å². The van der Waals surface area contributed by atoms with Crippen LogP contribution in [0.1, 0.15) is 5.56 Å². The fourth-order valence-electron chi connectivity index (χ4n) is 3.25. The van der Waals surface area contributed by atoms with E-state index in [-0.39, 0.29) is 5.56 Å². The quantitative estimate of drug-likeness (QED) is 0.726. The van der Waals surface area contributed by atoms with E-state index in [0.29, 0.717) is 49.7 Å². The van der Waals surface area contributed by atoms with Gasteiger partial charge in [-0.2, -0.15) is 5.10 Å². The van der Waals surface area contributed by atoms with Crippen molar-refractivity contribution in [1.29, 1.82) is 0 Å². The Hall–Kier alpha value is -3.36. The smallest absolute Gasteiger partial charge is 0.407 e. The van der Waals surface area contributed by atoms with Gasteiger partial charge in [0.1, 0.15) is 11.0 Å². The van der Waals surface area contributed by atoms with E-state index in [2.05, 4.69) is 15.2 Å². The van der Waals surface area contributed by atoms with E-state index in [4.69, 9.17) is 5.11 Å². The Bertz CT molecular complexity index is 989. The fraction of sp³-hybridized carbons (Fsp3) is 0.294. The summed E-state index contributed by atoms with van der Waals surface area (Å²) in [7, 11) is 0. The van der Waals surface area contributed by atoms with Gasteiger partial charge in [0, 0.05) is 26.2 Å². The molecule has 1 aliphatic heterocycles. The van der Waals surface area contributed by atoms with Crippen LogP contribution in [-0.2, 0) is 6.54 Å². The molecule has 1 fully saturated rings. The lowest BCUT2D eigenvalue weighted by atomic mass is 10.2. The third kappa shape index (κ3) is 2.87. The maximum atomic E-state index is 12.3. The molecule has 9 nitrogen and oxygen atoms in total. The summed E-state index contributed by atoms with van der Waals surface area (Å²) in [6.07, 6.45) is 0.623. The largest absolute Gasteiger partial charge is 0.465 e. The van der Waals surface area contributed by atoms with Crippen LogP contribution in [0.2, 0.25) is 0 Å². The molecule has 134 valence electrons. The summed E-state index contributed by atoms with van der Waals surface area (Å²) in [4.78, 5) is 31.5. The minimum atomic E-state index is -0.914. The molecule has 2 aromatic heterocycles. The molecule has 1 saturated heterocycles. The van der Waals surface area contributed by atoms with E-state index in [1.54, 1.807) is 0 Å². The second-order valence-electron chi connectivity index (χ2n) is 6.17. The zero-order valence-corrected chi connectivity index (χ0v) is 14.0. The number of anilines is 1. The Morgan fingerprint density at radius 2 is 1.88 bits per heavy atom. The molecule has 1 aliphatic rings. The molecule has 0 spiro atoms. The van der Waals surface area contributed by atoms with E-state index < -0.39 is 6.09 Å². The van der Waals surface area contributed by atoms with E-state index in [0.717, 1.165) is 5.56 Å². The number of hydrogen-bond acceptors (Lipinski definition) is 5. The Morgan fingerprint density at radius 1 is 1.15 bits per heavy atom. The number of H-pyrrole nitrogens is 1. The Kier molecular flexibility index (Phi) is 4.04. The second kappa shape index (κ2) is 6.51. The highest BCUT2D eigenvalue weighted by Crippen LogP contribution is 2.22. The molecule has 0 saturated carbocycles. The number of aromatic nitrogens is 4. The number of amides is 1. The number of nitrogens with zero attached hydrogens (tertiary/aromatic N) is 5. The Labute approximate surface area is 148 Å². The number of nitrogens with one attached hydrogen (secondary N) is 1. The highest BCUT2D eigenvalue weighted by atomic mass is 16.4. The molecule has 9 heteroatoms. The number of hydrogen-bond donors (Lipinski definition) is 2. The first-order chi connectivity index (χ1) is 12.6. The minimum absolute atomic E-state index is 0.290. The molecule has 0 aliphatic carbocycles. The Morgan fingerprint density at radius 3 is 2.58 bits per heavy atom.